The number of aliphatic carboxylic acids is 1. The van der Waals surface area contributed by atoms with Gasteiger partial charge in [-0.2, -0.15) is 0 Å². The van der Waals surface area contributed by atoms with Crippen molar-refractivity contribution in [2.45, 2.75) is 70.3 Å². The molecule has 3 aliphatic rings. The predicted octanol–water partition coefficient (Wildman–Crippen LogP) is 3.41. The Kier molecular flexibility index (Phi) is 11.8. The molecule has 2 amide bonds. The summed E-state index contributed by atoms with van der Waals surface area (Å²) in [5, 5.41) is 10.6. The van der Waals surface area contributed by atoms with Crippen molar-refractivity contribution < 1.29 is 38.2 Å². The van der Waals surface area contributed by atoms with Crippen LogP contribution in [0.25, 0.3) is 0 Å². The van der Waals surface area contributed by atoms with Crippen LogP contribution in [0.3, 0.4) is 0 Å². The van der Waals surface area contributed by atoms with E-state index in [0.29, 0.717) is 62.7 Å². The Hall–Kier alpha value is -3.05. The normalized spacial score (nSPS) is 21.7. The fraction of sp³-hybridized carbons (Fsp3) is 0.727. The van der Waals surface area contributed by atoms with Gasteiger partial charge in [0, 0.05) is 51.1 Å². The molecule has 11 heteroatoms. The van der Waals surface area contributed by atoms with Gasteiger partial charge < -0.3 is 33.6 Å². The highest BCUT2D eigenvalue weighted by atomic mass is 16.7. The van der Waals surface area contributed by atoms with Gasteiger partial charge in [-0.25, -0.2) is 0 Å². The number of benzene rings is 1. The molecule has 3 aliphatic heterocycles. The van der Waals surface area contributed by atoms with Gasteiger partial charge in [-0.1, -0.05) is 13.3 Å². The molecule has 0 saturated carbocycles. The monoisotopic (exact) mass is 617 g/mol. The number of rotatable bonds is 17. The molecule has 0 radical (unpaired) electrons. The number of methoxy groups -OCH3 is 1. The number of hydrogen-bond donors (Lipinski definition) is 1. The molecule has 246 valence electrons. The molecule has 3 atom stereocenters. The van der Waals surface area contributed by atoms with Crippen LogP contribution in [0, 0.1) is 5.92 Å². The Morgan fingerprint density at radius 2 is 1.89 bits per heavy atom. The zero-order valence-corrected chi connectivity index (χ0v) is 27.4. The molecular formula is C33H53N4O7+. The van der Waals surface area contributed by atoms with E-state index in [1.165, 1.54) is 0 Å². The van der Waals surface area contributed by atoms with Crippen LogP contribution < -0.4 is 14.2 Å². The number of quaternary nitrogens is 1. The van der Waals surface area contributed by atoms with Gasteiger partial charge in [-0.15, -0.1) is 0 Å². The number of carboxylic acids is 1. The lowest BCUT2D eigenvalue weighted by Crippen LogP contribution is -2.45. The summed E-state index contributed by atoms with van der Waals surface area (Å²) in [6, 6.07) is 3.36. The van der Waals surface area contributed by atoms with Gasteiger partial charge in [-0.05, 0) is 56.2 Å². The summed E-state index contributed by atoms with van der Waals surface area (Å²) < 4.78 is 17.7. The highest BCUT2D eigenvalue weighted by molar-refractivity contribution is 5.79. The number of nitrogens with zero attached hydrogens (tertiary/aromatic N) is 4. The van der Waals surface area contributed by atoms with Crippen LogP contribution in [0.1, 0.15) is 69.8 Å². The van der Waals surface area contributed by atoms with E-state index in [0.717, 1.165) is 55.2 Å². The van der Waals surface area contributed by atoms with E-state index < -0.39 is 11.9 Å². The number of likely N-dealkylation sites (tertiary alicyclic amines) is 2. The third-order valence-electron chi connectivity index (χ3n) is 9.22. The minimum Gasteiger partial charge on any atom is -0.493 e. The Bertz CT molecular complexity index is 1150. The molecule has 1 aromatic carbocycles. The van der Waals surface area contributed by atoms with E-state index in [2.05, 4.69) is 33.0 Å². The zero-order chi connectivity index (χ0) is 31.9. The maximum atomic E-state index is 13.9. The maximum absolute atomic E-state index is 13.9. The molecule has 44 heavy (non-hydrogen) atoms. The predicted molar refractivity (Wildman–Crippen MR) is 167 cm³/mol. The Morgan fingerprint density at radius 1 is 1.11 bits per heavy atom. The van der Waals surface area contributed by atoms with Gasteiger partial charge in [0.2, 0.25) is 24.4 Å². The molecule has 3 heterocycles. The molecule has 4 rings (SSSR count). The molecular weight excluding hydrogens is 564 g/mol. The third-order valence-corrected chi connectivity index (χ3v) is 9.22. The lowest BCUT2D eigenvalue weighted by molar-refractivity contribution is -0.870. The quantitative estimate of drug-likeness (QED) is 0.209. The number of hydrogen-bond acceptors (Lipinski definition) is 7. The number of amides is 2. The Balaban J connectivity index is 1.55. The van der Waals surface area contributed by atoms with Gasteiger partial charge in [0.05, 0.1) is 47.3 Å². The van der Waals surface area contributed by atoms with Crippen LogP contribution in [0.5, 0.6) is 17.2 Å². The molecule has 0 unspecified atom stereocenters. The second-order valence-corrected chi connectivity index (χ2v) is 13.5. The molecule has 0 spiro atoms. The molecule has 2 saturated heterocycles. The second-order valence-electron chi connectivity index (χ2n) is 13.5. The highest BCUT2D eigenvalue weighted by Gasteiger charge is 2.47. The van der Waals surface area contributed by atoms with E-state index in [1.807, 2.05) is 21.9 Å². The topological polar surface area (TPSA) is 109 Å². The van der Waals surface area contributed by atoms with Gasteiger partial charge in [0.1, 0.15) is 0 Å². The summed E-state index contributed by atoms with van der Waals surface area (Å²) in [5.41, 5.74) is 0.802. The number of carbonyl (C=O) groups is 3. The lowest BCUT2D eigenvalue weighted by Gasteiger charge is -2.30. The number of fused-ring (bicyclic) bond motifs is 1. The number of unbranched alkanes of at least 4 members (excludes halogenated alkanes) is 2. The summed E-state index contributed by atoms with van der Waals surface area (Å²) in [6.45, 7) is 6.65. The van der Waals surface area contributed by atoms with Gasteiger partial charge >= 0.3 is 5.97 Å². The van der Waals surface area contributed by atoms with Gasteiger partial charge in [0.15, 0.2) is 11.5 Å². The molecule has 0 bridgehead atoms. The summed E-state index contributed by atoms with van der Waals surface area (Å²) in [4.78, 5) is 45.0. The van der Waals surface area contributed by atoms with Crippen molar-refractivity contribution in [2.24, 2.45) is 5.92 Å². The summed E-state index contributed by atoms with van der Waals surface area (Å²) in [7, 11) is 8.09. The zero-order valence-electron chi connectivity index (χ0n) is 27.4. The first-order valence-corrected chi connectivity index (χ1v) is 16.3. The van der Waals surface area contributed by atoms with Crippen LogP contribution in [-0.2, 0) is 14.4 Å². The van der Waals surface area contributed by atoms with Crippen LogP contribution in [0.15, 0.2) is 12.1 Å². The largest absolute Gasteiger partial charge is 0.493 e. The van der Waals surface area contributed by atoms with Gasteiger partial charge in [0.25, 0.3) is 0 Å². The van der Waals surface area contributed by atoms with E-state index in [4.69, 9.17) is 14.2 Å². The average Bonchev–Trinajstić information content (AvgIpc) is 3.70. The number of ether oxygens (including phenoxy) is 3. The number of carbonyl (C=O) groups excluding carboxylic acids is 2. The molecule has 0 aromatic heterocycles. The molecule has 1 N–H and O–H groups in total. The van der Waals surface area contributed by atoms with Crippen LogP contribution in [-0.4, -0.2) is 129 Å². The molecule has 0 aliphatic carbocycles. The van der Waals surface area contributed by atoms with Crippen LogP contribution >= 0.6 is 0 Å². The summed E-state index contributed by atoms with van der Waals surface area (Å²) >= 11 is 0. The standard InChI is InChI=1S/C33H52N4O7/c1-6-7-14-35(15-8-9-18-37(2,3)4)30(39)22-36-21-25(24-19-27(42-5)32-28(20-24)43-23-44-32)31(33(40)41)26(36)12-10-16-34-17-11-13-29(34)38/h19-20,25-26,31H,6-18,21-23H2,1-5H3/p+1/t25-,26+,31-/m1/s1. The maximum Gasteiger partial charge on any atom is 0.308 e. The highest BCUT2D eigenvalue weighted by Crippen LogP contribution is 2.47. The Labute approximate surface area is 262 Å². The third kappa shape index (κ3) is 8.56. The first kappa shape index (κ1) is 33.8. The van der Waals surface area contributed by atoms with Crippen LogP contribution in [0.4, 0.5) is 0 Å². The van der Waals surface area contributed by atoms with Crippen molar-refractivity contribution >= 4 is 17.8 Å². The van der Waals surface area contributed by atoms with Crippen molar-refractivity contribution in [3.63, 3.8) is 0 Å². The SMILES string of the molecule is CCCCN(CCCC[N+](C)(C)C)C(=O)CN1C[C@H](c2cc(OC)c3c(c2)OCO3)[C@@H](C(=O)O)[C@@H]1CCCN1CCCC1=O. The molecule has 2 fully saturated rings. The van der Waals surface area contributed by atoms with E-state index >= 15 is 0 Å². The average molecular weight is 618 g/mol. The summed E-state index contributed by atoms with van der Waals surface area (Å²) in [5.74, 6) is -0.175. The van der Waals surface area contributed by atoms with Crippen molar-refractivity contribution in [1.82, 2.24) is 14.7 Å². The van der Waals surface area contributed by atoms with E-state index in [9.17, 15) is 19.5 Å². The number of carboxylic acid groups (broad SMARTS) is 1. The second kappa shape index (κ2) is 15.3. The fourth-order valence-corrected chi connectivity index (χ4v) is 6.86. The molecule has 1 aromatic rings. The van der Waals surface area contributed by atoms with Crippen LogP contribution in [0.2, 0.25) is 0 Å². The first-order chi connectivity index (χ1) is 21.0. The molecule has 11 nitrogen and oxygen atoms in total. The van der Waals surface area contributed by atoms with Crippen molar-refractivity contribution in [2.75, 3.05) is 80.9 Å². The summed E-state index contributed by atoms with van der Waals surface area (Å²) in [6.07, 6.45) is 6.64. The van der Waals surface area contributed by atoms with Crippen molar-refractivity contribution in [1.29, 1.82) is 0 Å². The minimum absolute atomic E-state index is 0.0523. The first-order valence-electron chi connectivity index (χ1n) is 16.3. The van der Waals surface area contributed by atoms with E-state index in [-0.39, 0.29) is 37.1 Å². The fourth-order valence-electron chi connectivity index (χ4n) is 6.86. The van der Waals surface area contributed by atoms with Crippen molar-refractivity contribution in [3.05, 3.63) is 17.7 Å². The smallest absolute Gasteiger partial charge is 0.308 e. The Morgan fingerprint density at radius 3 is 2.55 bits per heavy atom. The van der Waals surface area contributed by atoms with E-state index in [1.54, 1.807) is 7.11 Å². The van der Waals surface area contributed by atoms with Crippen molar-refractivity contribution in [3.8, 4) is 17.2 Å². The van der Waals surface area contributed by atoms with Gasteiger partial charge in [-0.3, -0.25) is 19.3 Å². The lowest BCUT2D eigenvalue weighted by atomic mass is 9.83. The minimum atomic E-state index is -0.882.